The molecule has 1 heterocycles. The van der Waals surface area contributed by atoms with Gasteiger partial charge in [-0.2, -0.15) is 5.26 Å². The lowest BCUT2D eigenvalue weighted by Gasteiger charge is -2.33. The van der Waals surface area contributed by atoms with Crippen LogP contribution in [0.4, 0.5) is 5.69 Å². The predicted octanol–water partition coefficient (Wildman–Crippen LogP) is 4.32. The summed E-state index contributed by atoms with van der Waals surface area (Å²) in [6.07, 6.45) is 8.20. The van der Waals surface area contributed by atoms with Gasteiger partial charge >= 0.3 is 0 Å². The zero-order valence-electron chi connectivity index (χ0n) is 17.9. The summed E-state index contributed by atoms with van der Waals surface area (Å²) in [6.45, 7) is 6.28. The lowest BCUT2D eigenvalue weighted by Crippen LogP contribution is -2.30. The molecule has 0 N–H and O–H groups in total. The number of rotatable bonds is 7. The fraction of sp³-hybridized carbons (Fsp3) is 0.333. The number of benzene rings is 1. The van der Waals surface area contributed by atoms with E-state index in [-0.39, 0.29) is 0 Å². The Morgan fingerprint density at radius 1 is 1.33 bits per heavy atom. The normalized spacial score (nSPS) is 16.6. The molecule has 30 heavy (non-hydrogen) atoms. The van der Waals surface area contributed by atoms with E-state index in [4.69, 9.17) is 4.74 Å². The summed E-state index contributed by atoms with van der Waals surface area (Å²) in [6, 6.07) is 10.4. The van der Waals surface area contributed by atoms with Gasteiger partial charge in [-0.15, -0.1) is 0 Å². The molecule has 156 valence electrons. The predicted molar refractivity (Wildman–Crippen MR) is 123 cm³/mol. The molecule has 1 unspecified atom stereocenters. The third-order valence-electron chi connectivity index (χ3n) is 5.21. The van der Waals surface area contributed by atoms with Gasteiger partial charge in [-0.1, -0.05) is 24.8 Å². The van der Waals surface area contributed by atoms with Gasteiger partial charge in [0, 0.05) is 43.2 Å². The highest BCUT2D eigenvalue weighted by atomic mass is 32.2. The highest BCUT2D eigenvalue weighted by Gasteiger charge is 2.28. The molecule has 0 spiro atoms. The largest absolute Gasteiger partial charge is 0.496 e. The van der Waals surface area contributed by atoms with Gasteiger partial charge in [0.1, 0.15) is 22.8 Å². The van der Waals surface area contributed by atoms with E-state index in [1.54, 1.807) is 19.4 Å². The molecule has 1 aliphatic heterocycles. The number of allylic oxidation sites excluding steroid dienone is 3. The van der Waals surface area contributed by atoms with E-state index >= 15 is 0 Å². The Hall–Kier alpha value is -3.00. The number of hydrogen-bond acceptors (Lipinski definition) is 4. The second kappa shape index (κ2) is 9.67. The summed E-state index contributed by atoms with van der Waals surface area (Å²) in [5.74, 6) is 0.696. The molecule has 2 aliphatic rings. The van der Waals surface area contributed by atoms with Gasteiger partial charge < -0.3 is 9.64 Å². The van der Waals surface area contributed by atoms with Crippen molar-refractivity contribution in [3.05, 3.63) is 76.4 Å². The van der Waals surface area contributed by atoms with Gasteiger partial charge in [-0.25, -0.2) is 4.21 Å². The van der Waals surface area contributed by atoms with Crippen molar-refractivity contribution in [3.8, 4) is 6.07 Å². The van der Waals surface area contributed by atoms with Crippen LogP contribution in [0.15, 0.2) is 70.8 Å². The van der Waals surface area contributed by atoms with E-state index in [9.17, 15) is 9.47 Å². The first kappa shape index (κ1) is 21.7. The van der Waals surface area contributed by atoms with Crippen LogP contribution >= 0.6 is 0 Å². The molecule has 0 bridgehead atoms. The van der Waals surface area contributed by atoms with Crippen LogP contribution in [0.5, 0.6) is 0 Å². The molecule has 0 aromatic heterocycles. The maximum atomic E-state index is 12.2. The summed E-state index contributed by atoms with van der Waals surface area (Å²) in [4.78, 5) is 2.21. The first-order valence-corrected chi connectivity index (χ1v) is 11.6. The standard InChI is InChI=1S/C24H27N3O2S/c1-5-14-27(30(4)28)19-9-7-8-18(15-19)23-17-26(6-2)24-13-11-20(29-3)10-12-21(24)22(23)16-25/h7-12,15H,5-6,14,17H2,1-4H3. The maximum Gasteiger partial charge on any atom is 0.126 e. The average molecular weight is 422 g/mol. The second-order valence-electron chi connectivity index (χ2n) is 7.05. The zero-order valence-corrected chi connectivity index (χ0v) is 18.8. The molecule has 0 amide bonds. The first-order chi connectivity index (χ1) is 14.5. The highest BCUT2D eigenvalue weighted by Crippen LogP contribution is 2.37. The van der Waals surface area contributed by atoms with Gasteiger partial charge in [0.05, 0.1) is 18.4 Å². The van der Waals surface area contributed by atoms with Crippen LogP contribution in [0.25, 0.3) is 5.57 Å². The number of ether oxygens (including phenoxy) is 1. The molecular weight excluding hydrogens is 394 g/mol. The van der Waals surface area contributed by atoms with E-state index in [0.29, 0.717) is 24.4 Å². The lowest BCUT2D eigenvalue weighted by molar-refractivity contribution is 0.307. The van der Waals surface area contributed by atoms with Crippen LogP contribution in [0.2, 0.25) is 0 Å². The summed E-state index contributed by atoms with van der Waals surface area (Å²) < 4.78 is 19.5. The van der Waals surface area contributed by atoms with E-state index in [1.165, 1.54) is 0 Å². The number of fused-ring (bicyclic) bond motifs is 1. The van der Waals surface area contributed by atoms with E-state index in [2.05, 4.69) is 30.5 Å². The molecule has 1 aliphatic carbocycles. The van der Waals surface area contributed by atoms with Gasteiger partial charge in [-0.05, 0) is 48.8 Å². The van der Waals surface area contributed by atoms with Gasteiger partial charge in [0.25, 0.3) is 0 Å². The SMILES string of the molecule is CCCN(c1cccc(C2=C(C#N)C3=CC=C(OC)C=C=C3N(CC)C2)c1)S(C)=O. The number of nitriles is 1. The molecule has 0 saturated carbocycles. The minimum absolute atomic E-state index is 0.613. The Kier molecular flexibility index (Phi) is 6.99. The zero-order chi connectivity index (χ0) is 21.7. The van der Waals surface area contributed by atoms with E-state index < -0.39 is 11.0 Å². The third-order valence-corrected chi connectivity index (χ3v) is 6.22. The fourth-order valence-electron chi connectivity index (χ4n) is 3.70. The number of nitrogens with zero attached hydrogens (tertiary/aromatic N) is 3. The Morgan fingerprint density at radius 3 is 2.77 bits per heavy atom. The molecule has 1 aromatic carbocycles. The average Bonchev–Trinajstić information content (AvgIpc) is 2.99. The summed E-state index contributed by atoms with van der Waals surface area (Å²) in [5, 5.41) is 10.1. The minimum atomic E-state index is -1.11. The van der Waals surface area contributed by atoms with Crippen LogP contribution in [0.1, 0.15) is 25.8 Å². The third kappa shape index (κ3) is 4.28. The first-order valence-electron chi connectivity index (χ1n) is 10.1. The molecular formula is C24H27N3O2S. The smallest absolute Gasteiger partial charge is 0.126 e. The number of likely N-dealkylation sites (N-methyl/N-ethyl adjacent to an activating group) is 1. The van der Waals surface area contributed by atoms with Crippen LogP contribution in [-0.4, -0.2) is 42.1 Å². The van der Waals surface area contributed by atoms with Gasteiger partial charge in [0.15, 0.2) is 0 Å². The van der Waals surface area contributed by atoms with Crippen molar-refractivity contribution >= 4 is 22.2 Å². The monoisotopic (exact) mass is 421 g/mol. The molecule has 5 nitrogen and oxygen atoms in total. The summed E-state index contributed by atoms with van der Waals surface area (Å²) >= 11 is 0. The topological polar surface area (TPSA) is 56.6 Å². The number of anilines is 1. The van der Waals surface area contributed by atoms with Crippen molar-refractivity contribution in [2.45, 2.75) is 20.3 Å². The van der Waals surface area contributed by atoms with Gasteiger partial charge in [-0.3, -0.25) is 4.31 Å². The quantitative estimate of drug-likeness (QED) is 0.616. The maximum absolute atomic E-state index is 12.2. The number of methoxy groups -OCH3 is 1. The van der Waals surface area contributed by atoms with Crippen molar-refractivity contribution in [3.63, 3.8) is 0 Å². The molecule has 1 atom stereocenters. The Balaban J connectivity index is 2.16. The molecule has 3 rings (SSSR count). The second-order valence-corrected chi connectivity index (χ2v) is 8.33. The minimum Gasteiger partial charge on any atom is -0.496 e. The van der Waals surface area contributed by atoms with Crippen LogP contribution < -0.4 is 4.31 Å². The van der Waals surface area contributed by atoms with Crippen molar-refractivity contribution in [2.75, 3.05) is 37.3 Å². The Bertz CT molecular complexity index is 1050. The van der Waals surface area contributed by atoms with Gasteiger partial charge in [0.2, 0.25) is 0 Å². The van der Waals surface area contributed by atoms with Crippen molar-refractivity contribution < 1.29 is 8.95 Å². The Morgan fingerprint density at radius 2 is 2.13 bits per heavy atom. The molecule has 1 aromatic rings. The molecule has 0 fully saturated rings. The van der Waals surface area contributed by atoms with E-state index in [1.807, 2.05) is 40.7 Å². The van der Waals surface area contributed by atoms with Crippen LogP contribution in [0, 0.1) is 11.3 Å². The van der Waals surface area contributed by atoms with Crippen LogP contribution in [-0.2, 0) is 15.7 Å². The number of hydrogen-bond donors (Lipinski definition) is 0. The van der Waals surface area contributed by atoms with Crippen molar-refractivity contribution in [1.29, 1.82) is 5.26 Å². The molecule has 6 heteroatoms. The van der Waals surface area contributed by atoms with Crippen molar-refractivity contribution in [1.82, 2.24) is 4.90 Å². The molecule has 0 saturated heterocycles. The lowest BCUT2D eigenvalue weighted by atomic mass is 9.88. The molecule has 0 radical (unpaired) electrons. The van der Waals surface area contributed by atoms with E-state index in [0.717, 1.165) is 41.1 Å². The highest BCUT2D eigenvalue weighted by molar-refractivity contribution is 7.85. The Labute approximate surface area is 181 Å². The summed E-state index contributed by atoms with van der Waals surface area (Å²) in [7, 11) is 0.512. The summed E-state index contributed by atoms with van der Waals surface area (Å²) in [5.41, 5.74) is 8.53. The van der Waals surface area contributed by atoms with Crippen molar-refractivity contribution in [2.24, 2.45) is 0 Å². The van der Waals surface area contributed by atoms with Crippen LogP contribution in [0.3, 0.4) is 0 Å². The fourth-order valence-corrected chi connectivity index (χ4v) is 4.55.